The second-order valence-corrected chi connectivity index (χ2v) is 7.37. The van der Waals surface area contributed by atoms with Gasteiger partial charge in [-0.1, -0.05) is 16.8 Å². The molecule has 1 amide bonds. The van der Waals surface area contributed by atoms with Crippen molar-refractivity contribution in [2.75, 3.05) is 19.6 Å². The highest BCUT2D eigenvalue weighted by Gasteiger charge is 2.57. The Morgan fingerprint density at radius 3 is 2.84 bits per heavy atom. The number of carbonyl (C=O) groups excluding carboxylic acids is 1. The van der Waals surface area contributed by atoms with Crippen molar-refractivity contribution in [3.8, 4) is 11.4 Å². The summed E-state index contributed by atoms with van der Waals surface area (Å²) in [4.78, 5) is 16.7. The van der Waals surface area contributed by atoms with Crippen LogP contribution in [0.15, 0.2) is 28.8 Å². The van der Waals surface area contributed by atoms with Gasteiger partial charge in [0.2, 0.25) is 17.6 Å². The highest BCUT2D eigenvalue weighted by molar-refractivity contribution is 6.30. The molecular formula is C18H21ClN4O2. The topological polar surface area (TPSA) is 80.1 Å². The molecule has 132 valence electrons. The molecule has 4 rings (SSSR count). The summed E-state index contributed by atoms with van der Waals surface area (Å²) in [6.07, 6.45) is 3.79. The Balaban J connectivity index is 1.27. The van der Waals surface area contributed by atoms with E-state index in [1.807, 2.05) is 12.1 Å². The zero-order valence-corrected chi connectivity index (χ0v) is 14.7. The Bertz CT molecular complexity index is 753. The van der Waals surface area contributed by atoms with Crippen LogP contribution in [0, 0.1) is 11.3 Å². The van der Waals surface area contributed by atoms with Gasteiger partial charge in [-0.3, -0.25) is 4.79 Å². The standard InChI is InChI=1S/C18H21ClN4O2/c19-13-3-1-12(2-4-13)16-22-15(25-23-16)5-8-21-17(24)14-11-18(14)6-9-20-10-7-18/h1-4,14,20H,5-11H2,(H,21,24). The average Bonchev–Trinajstić information content (AvgIpc) is 3.10. The fraction of sp³-hybridized carbons (Fsp3) is 0.500. The fourth-order valence-electron chi connectivity index (χ4n) is 3.68. The molecule has 0 radical (unpaired) electrons. The summed E-state index contributed by atoms with van der Waals surface area (Å²) in [5.74, 6) is 1.41. The maximum atomic E-state index is 12.3. The molecule has 2 aromatic rings. The van der Waals surface area contributed by atoms with E-state index in [1.165, 1.54) is 0 Å². The third-order valence-electron chi connectivity index (χ3n) is 5.31. The van der Waals surface area contributed by atoms with Crippen LogP contribution in [0.3, 0.4) is 0 Å². The number of hydrogen-bond acceptors (Lipinski definition) is 5. The third-order valence-corrected chi connectivity index (χ3v) is 5.57. The van der Waals surface area contributed by atoms with Crippen molar-refractivity contribution in [1.82, 2.24) is 20.8 Å². The summed E-state index contributed by atoms with van der Waals surface area (Å²) >= 11 is 5.88. The lowest BCUT2D eigenvalue weighted by Crippen LogP contribution is -2.34. The maximum Gasteiger partial charge on any atom is 0.228 e. The van der Waals surface area contributed by atoms with Crippen LogP contribution in [0.4, 0.5) is 0 Å². The molecule has 1 atom stereocenters. The summed E-state index contributed by atoms with van der Waals surface area (Å²) in [5.41, 5.74) is 1.12. The quantitative estimate of drug-likeness (QED) is 0.856. The van der Waals surface area contributed by atoms with E-state index in [-0.39, 0.29) is 17.2 Å². The summed E-state index contributed by atoms with van der Waals surface area (Å²) < 4.78 is 5.26. The first kappa shape index (κ1) is 16.5. The summed E-state index contributed by atoms with van der Waals surface area (Å²) in [7, 11) is 0. The molecule has 6 nitrogen and oxygen atoms in total. The lowest BCUT2D eigenvalue weighted by molar-refractivity contribution is -0.123. The van der Waals surface area contributed by atoms with Crippen LogP contribution >= 0.6 is 11.6 Å². The number of piperidine rings is 1. The van der Waals surface area contributed by atoms with Crippen molar-refractivity contribution >= 4 is 17.5 Å². The third kappa shape index (κ3) is 3.55. The molecule has 1 aliphatic carbocycles. The molecule has 25 heavy (non-hydrogen) atoms. The molecule has 2 heterocycles. The minimum absolute atomic E-state index is 0.166. The Morgan fingerprint density at radius 1 is 1.32 bits per heavy atom. The van der Waals surface area contributed by atoms with Crippen LogP contribution in [0.25, 0.3) is 11.4 Å². The van der Waals surface area contributed by atoms with E-state index in [4.69, 9.17) is 16.1 Å². The van der Waals surface area contributed by atoms with Crippen LogP contribution in [0.2, 0.25) is 5.02 Å². The molecular weight excluding hydrogens is 340 g/mol. The average molecular weight is 361 g/mol. The lowest BCUT2D eigenvalue weighted by atomic mass is 9.92. The number of carbonyl (C=O) groups is 1. The van der Waals surface area contributed by atoms with Gasteiger partial charge in [-0.25, -0.2) is 0 Å². The first-order valence-electron chi connectivity index (χ1n) is 8.73. The van der Waals surface area contributed by atoms with E-state index in [1.54, 1.807) is 12.1 Å². The van der Waals surface area contributed by atoms with E-state index >= 15 is 0 Å². The minimum atomic E-state index is 0.166. The predicted octanol–water partition coefficient (Wildman–Crippen LogP) is 2.44. The zero-order valence-electron chi connectivity index (χ0n) is 13.9. The van der Waals surface area contributed by atoms with Crippen LogP contribution < -0.4 is 10.6 Å². The highest BCUT2D eigenvalue weighted by atomic mass is 35.5. The first-order valence-corrected chi connectivity index (χ1v) is 9.11. The molecule has 1 saturated carbocycles. The largest absolute Gasteiger partial charge is 0.355 e. The number of nitrogens with one attached hydrogen (secondary N) is 2. The van der Waals surface area contributed by atoms with Crippen molar-refractivity contribution in [3.63, 3.8) is 0 Å². The predicted molar refractivity (Wildman–Crippen MR) is 94.1 cm³/mol. The number of aromatic nitrogens is 2. The SMILES string of the molecule is O=C(NCCc1nc(-c2ccc(Cl)cc2)no1)C1CC12CCNCC2. The lowest BCUT2D eigenvalue weighted by Gasteiger charge is -2.23. The highest BCUT2D eigenvalue weighted by Crippen LogP contribution is 2.58. The number of nitrogens with zero attached hydrogens (tertiary/aromatic N) is 2. The van der Waals surface area contributed by atoms with Crippen molar-refractivity contribution in [3.05, 3.63) is 35.2 Å². The van der Waals surface area contributed by atoms with Gasteiger partial charge in [-0.2, -0.15) is 4.98 Å². The van der Waals surface area contributed by atoms with Gasteiger partial charge in [0.15, 0.2) is 0 Å². The summed E-state index contributed by atoms with van der Waals surface area (Å²) in [6, 6.07) is 7.29. The van der Waals surface area contributed by atoms with Gasteiger partial charge < -0.3 is 15.2 Å². The van der Waals surface area contributed by atoms with Crippen LogP contribution in [0.1, 0.15) is 25.2 Å². The van der Waals surface area contributed by atoms with Gasteiger partial charge in [0, 0.05) is 29.5 Å². The Hall–Kier alpha value is -1.92. The van der Waals surface area contributed by atoms with E-state index in [0.29, 0.717) is 29.7 Å². The molecule has 1 aromatic heterocycles. The molecule has 1 unspecified atom stereocenters. The number of hydrogen-bond donors (Lipinski definition) is 2. The van der Waals surface area contributed by atoms with E-state index in [0.717, 1.165) is 37.9 Å². The molecule has 1 aliphatic heterocycles. The van der Waals surface area contributed by atoms with Crippen molar-refractivity contribution in [2.24, 2.45) is 11.3 Å². The minimum Gasteiger partial charge on any atom is -0.355 e. The van der Waals surface area contributed by atoms with Crippen LogP contribution in [-0.2, 0) is 11.2 Å². The Labute approximate surface area is 151 Å². The molecule has 7 heteroatoms. The monoisotopic (exact) mass is 360 g/mol. The summed E-state index contributed by atoms with van der Waals surface area (Å²) in [6.45, 7) is 2.57. The number of amides is 1. The fourth-order valence-corrected chi connectivity index (χ4v) is 3.81. The number of halogens is 1. The number of rotatable bonds is 5. The molecule has 1 spiro atoms. The maximum absolute atomic E-state index is 12.3. The molecule has 2 N–H and O–H groups in total. The van der Waals surface area contributed by atoms with Crippen LogP contribution in [-0.4, -0.2) is 35.7 Å². The van der Waals surface area contributed by atoms with E-state index in [9.17, 15) is 4.79 Å². The van der Waals surface area contributed by atoms with Gasteiger partial charge >= 0.3 is 0 Å². The van der Waals surface area contributed by atoms with Gasteiger partial charge in [-0.15, -0.1) is 0 Å². The van der Waals surface area contributed by atoms with Gasteiger partial charge in [-0.05, 0) is 62.0 Å². The van der Waals surface area contributed by atoms with Crippen molar-refractivity contribution in [1.29, 1.82) is 0 Å². The Morgan fingerprint density at radius 2 is 2.08 bits per heavy atom. The summed E-state index contributed by atoms with van der Waals surface area (Å²) in [5, 5.41) is 11.0. The van der Waals surface area contributed by atoms with Crippen molar-refractivity contribution in [2.45, 2.75) is 25.7 Å². The van der Waals surface area contributed by atoms with Gasteiger partial charge in [0.1, 0.15) is 0 Å². The normalized spacial score (nSPS) is 21.2. The second-order valence-electron chi connectivity index (χ2n) is 6.93. The first-order chi connectivity index (χ1) is 12.2. The Kier molecular flexibility index (Phi) is 4.48. The second kappa shape index (κ2) is 6.77. The van der Waals surface area contributed by atoms with Gasteiger partial charge in [0.25, 0.3) is 0 Å². The van der Waals surface area contributed by atoms with Gasteiger partial charge in [0.05, 0.1) is 0 Å². The molecule has 0 bridgehead atoms. The molecule has 2 fully saturated rings. The van der Waals surface area contributed by atoms with E-state index in [2.05, 4.69) is 20.8 Å². The van der Waals surface area contributed by atoms with Crippen molar-refractivity contribution < 1.29 is 9.32 Å². The number of benzene rings is 1. The molecule has 2 aliphatic rings. The van der Waals surface area contributed by atoms with Crippen LogP contribution in [0.5, 0.6) is 0 Å². The molecule has 1 saturated heterocycles. The molecule has 1 aromatic carbocycles. The smallest absolute Gasteiger partial charge is 0.228 e. The zero-order chi connectivity index (χ0) is 17.3. The van der Waals surface area contributed by atoms with E-state index < -0.39 is 0 Å².